The van der Waals surface area contributed by atoms with Crippen LogP contribution in [0.5, 0.6) is 0 Å². The van der Waals surface area contributed by atoms with Crippen LogP contribution in [-0.2, 0) is 4.84 Å². The van der Waals surface area contributed by atoms with E-state index in [1.807, 2.05) is 13.8 Å². The summed E-state index contributed by atoms with van der Waals surface area (Å²) in [5, 5.41) is 4.24. The molecule has 0 fully saturated rings. The SMILES string of the molecule is CCONC(=O)c1cnn(-c2ccc(F)cc2)c1C(C)C. The molecule has 0 aliphatic rings. The normalized spacial score (nSPS) is 10.9. The molecule has 0 bridgehead atoms. The number of halogens is 1. The van der Waals surface area contributed by atoms with Crippen molar-refractivity contribution in [2.24, 2.45) is 0 Å². The van der Waals surface area contributed by atoms with Crippen LogP contribution in [-0.4, -0.2) is 22.3 Å². The van der Waals surface area contributed by atoms with Crippen molar-refractivity contribution in [2.45, 2.75) is 26.7 Å². The van der Waals surface area contributed by atoms with Crippen LogP contribution in [0.4, 0.5) is 4.39 Å². The van der Waals surface area contributed by atoms with Gasteiger partial charge in [0, 0.05) is 0 Å². The zero-order chi connectivity index (χ0) is 15.4. The van der Waals surface area contributed by atoms with Gasteiger partial charge in [-0.15, -0.1) is 0 Å². The summed E-state index contributed by atoms with van der Waals surface area (Å²) in [6.45, 7) is 6.10. The molecule has 5 nitrogen and oxygen atoms in total. The molecule has 0 unspecified atom stereocenters. The smallest absolute Gasteiger partial charge is 0.274 e. The molecule has 0 aliphatic carbocycles. The Morgan fingerprint density at radius 2 is 2.05 bits per heavy atom. The van der Waals surface area contributed by atoms with E-state index in [-0.39, 0.29) is 17.6 Å². The highest BCUT2D eigenvalue weighted by Crippen LogP contribution is 2.23. The van der Waals surface area contributed by atoms with Crippen molar-refractivity contribution in [3.63, 3.8) is 0 Å². The summed E-state index contributed by atoms with van der Waals surface area (Å²) in [5.74, 6) is -0.583. The predicted octanol–water partition coefficient (Wildman–Crippen LogP) is 2.82. The van der Waals surface area contributed by atoms with Gasteiger partial charge in [0.05, 0.1) is 29.7 Å². The highest BCUT2D eigenvalue weighted by Gasteiger charge is 2.20. The molecular formula is C15H18FN3O2. The van der Waals surface area contributed by atoms with Crippen LogP contribution in [0.25, 0.3) is 5.69 Å². The van der Waals surface area contributed by atoms with Crippen molar-refractivity contribution >= 4 is 5.91 Å². The molecule has 21 heavy (non-hydrogen) atoms. The molecule has 112 valence electrons. The van der Waals surface area contributed by atoms with Crippen molar-refractivity contribution in [1.82, 2.24) is 15.3 Å². The maximum atomic E-state index is 13.0. The number of rotatable bonds is 5. The van der Waals surface area contributed by atoms with Crippen molar-refractivity contribution in [3.8, 4) is 5.69 Å². The van der Waals surface area contributed by atoms with E-state index in [1.165, 1.54) is 18.3 Å². The number of amides is 1. The Kier molecular flexibility index (Phi) is 4.70. The largest absolute Gasteiger partial charge is 0.278 e. The minimum absolute atomic E-state index is 0.0694. The van der Waals surface area contributed by atoms with Gasteiger partial charge >= 0.3 is 0 Å². The van der Waals surface area contributed by atoms with Crippen molar-refractivity contribution in [1.29, 1.82) is 0 Å². The number of carbonyl (C=O) groups excluding carboxylic acids is 1. The van der Waals surface area contributed by atoms with Gasteiger partial charge in [-0.1, -0.05) is 13.8 Å². The molecule has 0 aliphatic heterocycles. The fraction of sp³-hybridized carbons (Fsp3) is 0.333. The fourth-order valence-electron chi connectivity index (χ4n) is 2.07. The molecule has 1 N–H and O–H groups in total. The maximum Gasteiger partial charge on any atom is 0.278 e. The summed E-state index contributed by atoms with van der Waals surface area (Å²) in [6, 6.07) is 5.97. The first-order valence-corrected chi connectivity index (χ1v) is 6.80. The summed E-state index contributed by atoms with van der Waals surface area (Å²) in [5.41, 5.74) is 4.27. The first-order valence-electron chi connectivity index (χ1n) is 6.80. The van der Waals surface area contributed by atoms with Crippen LogP contribution >= 0.6 is 0 Å². The summed E-state index contributed by atoms with van der Waals surface area (Å²) >= 11 is 0. The van der Waals surface area contributed by atoms with Gasteiger partial charge in [0.15, 0.2) is 0 Å². The van der Waals surface area contributed by atoms with Crippen LogP contribution in [0.15, 0.2) is 30.5 Å². The summed E-state index contributed by atoms with van der Waals surface area (Å²) < 4.78 is 14.7. The third-order valence-corrected chi connectivity index (χ3v) is 2.98. The average Bonchev–Trinajstić information content (AvgIpc) is 2.90. The number of carbonyl (C=O) groups is 1. The molecule has 0 saturated heterocycles. The third kappa shape index (κ3) is 3.28. The molecule has 2 rings (SSSR count). The molecule has 0 atom stereocenters. The van der Waals surface area contributed by atoms with Crippen molar-refractivity contribution < 1.29 is 14.0 Å². The van der Waals surface area contributed by atoms with Gasteiger partial charge in [-0.2, -0.15) is 5.10 Å². The van der Waals surface area contributed by atoms with E-state index >= 15 is 0 Å². The average molecular weight is 291 g/mol. The topological polar surface area (TPSA) is 56.1 Å². The van der Waals surface area contributed by atoms with Gasteiger partial charge in [0.25, 0.3) is 5.91 Å². The van der Waals surface area contributed by atoms with Gasteiger partial charge in [-0.25, -0.2) is 14.6 Å². The molecular weight excluding hydrogens is 273 g/mol. The minimum Gasteiger partial charge on any atom is -0.274 e. The minimum atomic E-state index is -0.339. The molecule has 0 radical (unpaired) electrons. The second kappa shape index (κ2) is 6.49. The van der Waals surface area contributed by atoms with Gasteiger partial charge in [0.2, 0.25) is 0 Å². The third-order valence-electron chi connectivity index (χ3n) is 2.98. The van der Waals surface area contributed by atoms with E-state index in [2.05, 4.69) is 10.6 Å². The first kappa shape index (κ1) is 15.2. The quantitative estimate of drug-likeness (QED) is 0.862. The van der Waals surface area contributed by atoms with Crippen LogP contribution < -0.4 is 5.48 Å². The first-order chi connectivity index (χ1) is 10.0. The van der Waals surface area contributed by atoms with Crippen LogP contribution in [0.1, 0.15) is 42.7 Å². The van der Waals surface area contributed by atoms with E-state index in [0.29, 0.717) is 17.9 Å². The van der Waals surface area contributed by atoms with Crippen LogP contribution in [0.2, 0.25) is 0 Å². The van der Waals surface area contributed by atoms with E-state index in [1.54, 1.807) is 23.7 Å². The maximum absolute atomic E-state index is 13.0. The number of benzene rings is 1. The zero-order valence-electron chi connectivity index (χ0n) is 12.3. The monoisotopic (exact) mass is 291 g/mol. The van der Waals surface area contributed by atoms with E-state index < -0.39 is 0 Å². The lowest BCUT2D eigenvalue weighted by molar-refractivity contribution is 0.0363. The molecule has 1 amide bonds. The molecule has 6 heteroatoms. The Balaban J connectivity index is 2.41. The lowest BCUT2D eigenvalue weighted by atomic mass is 10.1. The Bertz CT molecular complexity index is 620. The summed E-state index contributed by atoms with van der Waals surface area (Å²) in [4.78, 5) is 17.0. The summed E-state index contributed by atoms with van der Waals surface area (Å²) in [7, 11) is 0. The molecule has 1 aromatic carbocycles. The van der Waals surface area contributed by atoms with Crippen molar-refractivity contribution in [2.75, 3.05) is 6.61 Å². The number of hydroxylamine groups is 1. The zero-order valence-corrected chi connectivity index (χ0v) is 12.3. The number of hydrogen-bond acceptors (Lipinski definition) is 3. The lowest BCUT2D eigenvalue weighted by Crippen LogP contribution is -2.24. The summed E-state index contributed by atoms with van der Waals surface area (Å²) in [6.07, 6.45) is 1.49. The van der Waals surface area contributed by atoms with E-state index in [9.17, 15) is 9.18 Å². The Morgan fingerprint density at radius 1 is 1.38 bits per heavy atom. The second-order valence-electron chi connectivity index (χ2n) is 4.85. The highest BCUT2D eigenvalue weighted by molar-refractivity contribution is 5.94. The van der Waals surface area contributed by atoms with E-state index in [0.717, 1.165) is 5.69 Å². The lowest BCUT2D eigenvalue weighted by Gasteiger charge is -2.12. The number of aromatic nitrogens is 2. The Morgan fingerprint density at radius 3 is 2.62 bits per heavy atom. The van der Waals surface area contributed by atoms with Crippen molar-refractivity contribution in [3.05, 3.63) is 47.5 Å². The Labute approximate surface area is 122 Å². The highest BCUT2D eigenvalue weighted by atomic mass is 19.1. The molecule has 0 spiro atoms. The molecule has 1 heterocycles. The fourth-order valence-corrected chi connectivity index (χ4v) is 2.07. The number of hydrogen-bond donors (Lipinski definition) is 1. The molecule has 1 aromatic heterocycles. The van der Waals surface area contributed by atoms with E-state index in [4.69, 9.17) is 4.84 Å². The van der Waals surface area contributed by atoms with Gasteiger partial charge in [-0.05, 0) is 37.1 Å². The van der Waals surface area contributed by atoms with Crippen LogP contribution in [0, 0.1) is 5.82 Å². The van der Waals surface area contributed by atoms with Crippen LogP contribution in [0.3, 0.4) is 0 Å². The molecule has 0 saturated carbocycles. The Hall–Kier alpha value is -2.21. The number of nitrogens with one attached hydrogen (secondary N) is 1. The number of nitrogens with zero attached hydrogens (tertiary/aromatic N) is 2. The standard InChI is InChI=1S/C15H18FN3O2/c1-4-21-18-15(20)13-9-17-19(14(13)10(2)3)12-7-5-11(16)6-8-12/h5-10H,4H2,1-3H3,(H,18,20). The second-order valence-corrected chi connectivity index (χ2v) is 4.85. The van der Waals surface area contributed by atoms with Gasteiger partial charge < -0.3 is 0 Å². The van der Waals surface area contributed by atoms with Gasteiger partial charge in [-0.3, -0.25) is 9.63 Å². The molecule has 2 aromatic rings. The predicted molar refractivity (Wildman–Crippen MR) is 76.7 cm³/mol. The van der Waals surface area contributed by atoms with Gasteiger partial charge in [0.1, 0.15) is 5.82 Å².